The number of hydrazine groups is 1. The molecule has 4 rings (SSSR count). The molecule has 51 heavy (non-hydrogen) atoms. The molecule has 3 aromatic carbocycles. The van der Waals surface area contributed by atoms with Gasteiger partial charge < -0.3 is 14.7 Å². The third-order valence-electron chi connectivity index (χ3n) is 7.02. The van der Waals surface area contributed by atoms with Gasteiger partial charge in [-0.05, 0) is 70.2 Å². The predicted octanol–water partition coefficient (Wildman–Crippen LogP) is 6.39. The van der Waals surface area contributed by atoms with Gasteiger partial charge in [-0.2, -0.15) is 18.3 Å². The smallest absolute Gasteiger partial charge is 0.435 e. The molecule has 0 aliphatic heterocycles. The van der Waals surface area contributed by atoms with Crippen molar-refractivity contribution in [2.45, 2.75) is 57.5 Å². The first kappa shape index (κ1) is 38.2. The lowest BCUT2D eigenvalue weighted by Crippen LogP contribution is -2.48. The van der Waals surface area contributed by atoms with E-state index >= 15 is 0 Å². The van der Waals surface area contributed by atoms with E-state index in [1.54, 1.807) is 68.0 Å². The molecule has 1 heterocycles. The highest BCUT2D eigenvalue weighted by Crippen LogP contribution is 2.33. The summed E-state index contributed by atoms with van der Waals surface area (Å²) in [6, 6.07) is 20.4. The lowest BCUT2D eigenvalue weighted by Gasteiger charge is -2.30. The minimum absolute atomic E-state index is 0.0773. The highest BCUT2D eigenvalue weighted by atomic mass is 32.2. The van der Waals surface area contributed by atoms with Gasteiger partial charge in [0.1, 0.15) is 13.2 Å². The van der Waals surface area contributed by atoms with Gasteiger partial charge in [-0.3, -0.25) is 4.84 Å². The van der Waals surface area contributed by atoms with Gasteiger partial charge in [-0.25, -0.2) is 27.4 Å². The first-order chi connectivity index (χ1) is 23.8. The summed E-state index contributed by atoms with van der Waals surface area (Å²) in [6.45, 7) is 7.41. The van der Waals surface area contributed by atoms with Crippen LogP contribution in [-0.4, -0.2) is 65.2 Å². The van der Waals surface area contributed by atoms with Gasteiger partial charge in [-0.1, -0.05) is 48.0 Å². The molecule has 1 amide bonds. The van der Waals surface area contributed by atoms with Crippen LogP contribution in [0, 0.1) is 12.1 Å². The van der Waals surface area contributed by atoms with Crippen molar-refractivity contribution in [1.29, 1.82) is 0 Å². The number of carbonyl (C=O) groups excluding carboxylic acids is 2. The van der Waals surface area contributed by atoms with Gasteiger partial charge in [0, 0.05) is 12.5 Å². The molecule has 0 spiro atoms. The summed E-state index contributed by atoms with van der Waals surface area (Å²) in [5, 5.41) is 20.9. The van der Waals surface area contributed by atoms with E-state index in [2.05, 4.69) is 10.4 Å². The maximum absolute atomic E-state index is 13.5. The molecule has 14 nitrogen and oxygen atoms in total. The maximum atomic E-state index is 13.5. The number of alkyl halides is 3. The second kappa shape index (κ2) is 15.5. The number of halogens is 3. The number of benzene rings is 3. The molecule has 0 bridgehead atoms. The van der Waals surface area contributed by atoms with E-state index in [4.69, 9.17) is 14.3 Å². The Hall–Kier alpha value is -5.65. The van der Waals surface area contributed by atoms with Crippen LogP contribution in [0.25, 0.3) is 16.9 Å². The summed E-state index contributed by atoms with van der Waals surface area (Å²) < 4.78 is 79.3. The minimum Gasteiger partial charge on any atom is -0.569 e. The summed E-state index contributed by atoms with van der Waals surface area (Å²) >= 11 is 0. The molecule has 0 radical (unpaired) electrons. The molecule has 1 unspecified atom stereocenters. The van der Waals surface area contributed by atoms with Crippen LogP contribution in [0.3, 0.4) is 0 Å². The monoisotopic (exact) mass is 732 g/mol. The number of carbonyl (C=O) groups is 2. The molecule has 272 valence electrons. The van der Waals surface area contributed by atoms with Crippen LogP contribution in [0.4, 0.5) is 18.0 Å². The van der Waals surface area contributed by atoms with Crippen molar-refractivity contribution < 1.29 is 50.5 Å². The quantitative estimate of drug-likeness (QED) is 0.0566. The zero-order valence-corrected chi connectivity index (χ0v) is 28.9. The average molecular weight is 733 g/mol. The maximum Gasteiger partial charge on any atom is 0.435 e. The Labute approximate surface area is 291 Å². The van der Waals surface area contributed by atoms with E-state index in [0.29, 0.717) is 5.56 Å². The van der Waals surface area contributed by atoms with Crippen LogP contribution in [0.15, 0.2) is 95.1 Å². The summed E-state index contributed by atoms with van der Waals surface area (Å²) in [5.41, 5.74) is -0.148. The van der Waals surface area contributed by atoms with E-state index in [1.807, 2.05) is 6.92 Å². The van der Waals surface area contributed by atoms with Crippen LogP contribution in [0.1, 0.15) is 49.3 Å². The van der Waals surface area contributed by atoms with Gasteiger partial charge in [0.2, 0.25) is 5.28 Å². The molecule has 1 N–H and O–H groups in total. The fourth-order valence-electron chi connectivity index (χ4n) is 4.48. The summed E-state index contributed by atoms with van der Waals surface area (Å²) in [5.74, 6) is -0.696. The molecule has 0 aliphatic carbocycles. The van der Waals surface area contributed by atoms with E-state index in [9.17, 15) is 36.4 Å². The first-order valence-corrected chi connectivity index (χ1v) is 16.8. The van der Waals surface area contributed by atoms with Gasteiger partial charge in [0.25, 0.3) is 16.3 Å². The second-order valence-electron chi connectivity index (χ2n) is 12.0. The van der Waals surface area contributed by atoms with Crippen LogP contribution >= 0.6 is 0 Å². The van der Waals surface area contributed by atoms with Crippen molar-refractivity contribution in [3.05, 3.63) is 107 Å². The predicted molar refractivity (Wildman–Crippen MR) is 175 cm³/mol. The Morgan fingerprint density at radius 1 is 1.02 bits per heavy atom. The van der Waals surface area contributed by atoms with Crippen molar-refractivity contribution in [3.8, 4) is 16.9 Å². The number of aryl methyl sites for hydroxylation is 1. The minimum atomic E-state index is -4.73. The molecule has 4 aromatic rings. The normalized spacial score (nSPS) is 12.9. The van der Waals surface area contributed by atoms with Crippen LogP contribution in [0.2, 0.25) is 0 Å². The van der Waals surface area contributed by atoms with E-state index in [0.717, 1.165) is 33.5 Å². The highest BCUT2D eigenvalue weighted by molar-refractivity contribution is 7.90. The molecule has 1 aromatic heterocycles. The number of sulfonamides is 1. The topological polar surface area (TPSA) is 167 Å². The van der Waals surface area contributed by atoms with Gasteiger partial charge >= 0.3 is 18.2 Å². The Bertz CT molecular complexity index is 1960. The fraction of sp³-hybridized carbons (Fsp3) is 0.303. The lowest BCUT2D eigenvalue weighted by atomic mass is 10.1. The van der Waals surface area contributed by atoms with Crippen LogP contribution in [-0.2, 0) is 30.5 Å². The average Bonchev–Trinajstić information content (AvgIpc) is 3.52. The molecular formula is C33H35F3N6O8S. The van der Waals surface area contributed by atoms with E-state index in [-0.39, 0.29) is 33.4 Å². The third kappa shape index (κ3) is 10.2. The first-order valence-electron chi connectivity index (χ1n) is 15.3. The fourth-order valence-corrected chi connectivity index (χ4v) is 5.37. The zero-order valence-electron chi connectivity index (χ0n) is 28.1. The number of hydrogen-bond donors (Lipinski definition) is 1. The Morgan fingerprint density at radius 3 is 2.24 bits per heavy atom. The third-order valence-corrected chi connectivity index (χ3v) is 8.35. The molecule has 0 fully saturated rings. The molecule has 1 atom stereocenters. The lowest BCUT2D eigenvalue weighted by molar-refractivity contribution is -0.727. The van der Waals surface area contributed by atoms with Crippen LogP contribution in [0.5, 0.6) is 0 Å². The number of amides is 1. The van der Waals surface area contributed by atoms with Crippen molar-refractivity contribution in [2.24, 2.45) is 5.28 Å². The number of ether oxygens (including phenoxy) is 2. The van der Waals surface area contributed by atoms with Crippen molar-refractivity contribution in [3.63, 3.8) is 0 Å². The largest absolute Gasteiger partial charge is 0.569 e. The number of rotatable bonds is 12. The standard InChI is InChI=1S/C33H35F3N6O8S/c1-22-11-13-24(14-12-22)28-21-29(33(34,35)36)37-41(28)26-15-17-27(18-16-26)51(46,47)38-31(44)48-20-19-40(32(3,4)5)42(45)39-50-23(2)49-30(43)25-9-7-6-8-10-25/h6-18,21,23H,19-20H2,1-5H3,(H,38,44)/b42-39-. The van der Waals surface area contributed by atoms with E-state index < -0.39 is 52.4 Å². The number of hydrogen-bond acceptors (Lipinski definition) is 10. The molecule has 18 heteroatoms. The number of nitrogens with zero attached hydrogens (tertiary/aromatic N) is 5. The number of nitrogens with one attached hydrogen (secondary N) is 1. The highest BCUT2D eigenvalue weighted by Gasteiger charge is 2.35. The molecule has 0 saturated heterocycles. The van der Waals surface area contributed by atoms with Gasteiger partial charge in [0.15, 0.2) is 5.69 Å². The summed E-state index contributed by atoms with van der Waals surface area (Å²) in [4.78, 5) is 29.3. The van der Waals surface area contributed by atoms with Crippen molar-refractivity contribution >= 4 is 22.1 Å². The Balaban J connectivity index is 1.37. The Morgan fingerprint density at radius 2 is 1.65 bits per heavy atom. The van der Waals surface area contributed by atoms with Gasteiger partial charge in [0.05, 0.1) is 32.3 Å². The summed E-state index contributed by atoms with van der Waals surface area (Å²) in [7, 11) is -4.49. The second-order valence-corrected chi connectivity index (χ2v) is 13.7. The van der Waals surface area contributed by atoms with Crippen LogP contribution < -0.4 is 4.72 Å². The zero-order chi connectivity index (χ0) is 37.6. The van der Waals surface area contributed by atoms with E-state index in [1.165, 1.54) is 31.2 Å². The summed E-state index contributed by atoms with van der Waals surface area (Å²) in [6.07, 6.45) is -7.32. The SMILES string of the molecule is Cc1ccc(-c2cc(C(F)(F)F)nn2-c2ccc(S(=O)(=O)NC(=O)OCCN(/[N+]([O-])=N/OC(C)OC(=O)c3ccccc3)C(C)(C)C)cc2)cc1. The Kier molecular flexibility index (Phi) is 11.6. The molecular weight excluding hydrogens is 697 g/mol. The number of aromatic nitrogens is 2. The van der Waals surface area contributed by atoms with Gasteiger partial charge in [-0.15, -0.1) is 5.01 Å². The van der Waals surface area contributed by atoms with Crippen molar-refractivity contribution in [1.82, 2.24) is 19.5 Å². The molecule has 0 saturated carbocycles. The number of esters is 1. The van der Waals surface area contributed by atoms with Crippen molar-refractivity contribution in [2.75, 3.05) is 13.2 Å². The molecule has 0 aliphatic rings.